The summed E-state index contributed by atoms with van der Waals surface area (Å²) in [4.78, 5) is 56.9. The van der Waals surface area contributed by atoms with E-state index in [0.717, 1.165) is 10.1 Å². The zero-order valence-electron chi connectivity index (χ0n) is 21.9. The fraction of sp³-hybridized carbons (Fsp3) is 0.393. The Morgan fingerprint density at radius 2 is 1.90 bits per heavy atom. The summed E-state index contributed by atoms with van der Waals surface area (Å²) >= 11 is 1.19. The zero-order valence-corrected chi connectivity index (χ0v) is 22.7. The maximum absolute atomic E-state index is 14.0. The molecule has 1 saturated carbocycles. The van der Waals surface area contributed by atoms with E-state index in [4.69, 9.17) is 9.15 Å². The topological polar surface area (TPSA) is 134 Å². The number of benzene rings is 1. The number of carboxylic acid groups (broad SMARTS) is 1. The number of Topliss-reactive ketones (excluding diaryl/α,β-unsaturated/α-hetero) is 1. The van der Waals surface area contributed by atoms with Crippen molar-refractivity contribution in [1.82, 2.24) is 14.1 Å². The molecular formula is C28H29N3O7S. The van der Waals surface area contributed by atoms with Gasteiger partial charge in [0.25, 0.3) is 5.56 Å². The van der Waals surface area contributed by atoms with E-state index in [1.165, 1.54) is 42.2 Å². The maximum Gasteiger partial charge on any atom is 0.333 e. The van der Waals surface area contributed by atoms with Gasteiger partial charge in [0.2, 0.25) is 5.89 Å². The van der Waals surface area contributed by atoms with E-state index >= 15 is 0 Å². The van der Waals surface area contributed by atoms with Gasteiger partial charge in [-0.05, 0) is 44.7 Å². The number of ether oxygens (including phenoxy) is 1. The summed E-state index contributed by atoms with van der Waals surface area (Å²) in [6, 6.07) is 9.43. The minimum atomic E-state index is -1.81. The second-order valence-corrected chi connectivity index (χ2v) is 11.2. The summed E-state index contributed by atoms with van der Waals surface area (Å²) in [5.74, 6) is -0.796. The molecule has 0 saturated heterocycles. The van der Waals surface area contributed by atoms with Crippen LogP contribution in [0.2, 0.25) is 0 Å². The molecule has 1 fully saturated rings. The van der Waals surface area contributed by atoms with Gasteiger partial charge in [0, 0.05) is 12.8 Å². The van der Waals surface area contributed by atoms with E-state index in [1.54, 1.807) is 6.92 Å². The molecule has 0 spiro atoms. The van der Waals surface area contributed by atoms with Gasteiger partial charge in [0.15, 0.2) is 0 Å². The summed E-state index contributed by atoms with van der Waals surface area (Å²) in [7, 11) is 0. The monoisotopic (exact) mass is 551 g/mol. The van der Waals surface area contributed by atoms with Crippen molar-refractivity contribution in [2.24, 2.45) is 0 Å². The third-order valence-corrected chi connectivity index (χ3v) is 8.59. The molecule has 3 heterocycles. The van der Waals surface area contributed by atoms with Crippen LogP contribution in [0.3, 0.4) is 0 Å². The first-order chi connectivity index (χ1) is 18.6. The average Bonchev–Trinajstić information content (AvgIpc) is 3.55. The number of carbonyl (C=O) groups excluding carboxylic acids is 1. The van der Waals surface area contributed by atoms with Crippen LogP contribution in [0.1, 0.15) is 56.8 Å². The third kappa shape index (κ3) is 4.87. The summed E-state index contributed by atoms with van der Waals surface area (Å²) in [6.07, 6.45) is 4.22. The Morgan fingerprint density at radius 1 is 1.21 bits per heavy atom. The molecule has 4 aromatic rings. The van der Waals surface area contributed by atoms with Crippen molar-refractivity contribution >= 4 is 33.3 Å². The van der Waals surface area contributed by atoms with Crippen molar-refractivity contribution in [3.05, 3.63) is 74.8 Å². The lowest BCUT2D eigenvalue weighted by molar-refractivity contribution is -0.146. The summed E-state index contributed by atoms with van der Waals surface area (Å²) in [6.45, 7) is 4.42. The molecule has 0 radical (unpaired) electrons. The molecule has 1 aliphatic rings. The highest BCUT2D eigenvalue weighted by Gasteiger charge is 2.36. The molecule has 0 aliphatic heterocycles. The van der Waals surface area contributed by atoms with Crippen LogP contribution < -0.4 is 11.2 Å². The number of rotatable bonds is 8. The maximum atomic E-state index is 14.0. The predicted molar refractivity (Wildman–Crippen MR) is 145 cm³/mol. The number of ketones is 1. The first-order valence-electron chi connectivity index (χ1n) is 12.7. The highest BCUT2D eigenvalue weighted by Crippen LogP contribution is 2.37. The number of carboxylic acids is 1. The van der Waals surface area contributed by atoms with E-state index in [9.17, 15) is 24.3 Å². The van der Waals surface area contributed by atoms with Gasteiger partial charge in [0.05, 0.1) is 29.1 Å². The molecule has 1 aliphatic carbocycles. The minimum Gasteiger partial charge on any atom is -0.480 e. The van der Waals surface area contributed by atoms with Crippen molar-refractivity contribution in [3.8, 4) is 10.8 Å². The van der Waals surface area contributed by atoms with E-state index in [-0.39, 0.29) is 23.8 Å². The summed E-state index contributed by atoms with van der Waals surface area (Å²) < 4.78 is 14.2. The first-order valence-corrected chi connectivity index (χ1v) is 13.6. The van der Waals surface area contributed by atoms with Crippen molar-refractivity contribution in [2.45, 2.75) is 70.7 Å². The van der Waals surface area contributed by atoms with E-state index in [0.29, 0.717) is 46.8 Å². The largest absolute Gasteiger partial charge is 0.480 e. The molecular weight excluding hydrogens is 522 g/mol. The number of fused-ring (bicyclic) bond motifs is 1. The second-order valence-electron chi connectivity index (χ2n) is 10.2. The van der Waals surface area contributed by atoms with Crippen LogP contribution in [0.4, 0.5) is 0 Å². The van der Waals surface area contributed by atoms with Crippen LogP contribution in [0.25, 0.3) is 21.0 Å². The molecule has 5 rings (SSSR count). The fourth-order valence-corrected chi connectivity index (χ4v) is 6.22. The average molecular weight is 552 g/mol. The number of aliphatic carboxylic acids is 1. The van der Waals surface area contributed by atoms with Crippen molar-refractivity contribution in [3.63, 3.8) is 0 Å². The molecule has 3 aromatic heterocycles. The number of thiophene rings is 1. The number of oxazole rings is 1. The lowest BCUT2D eigenvalue weighted by Crippen LogP contribution is -2.52. The zero-order chi connectivity index (χ0) is 27.9. The molecule has 39 heavy (non-hydrogen) atoms. The van der Waals surface area contributed by atoms with Crippen LogP contribution >= 0.6 is 11.3 Å². The van der Waals surface area contributed by atoms with Gasteiger partial charge >= 0.3 is 11.7 Å². The van der Waals surface area contributed by atoms with Crippen LogP contribution in [0.15, 0.2) is 56.8 Å². The highest BCUT2D eigenvalue weighted by atomic mass is 32.1. The standard InChI is InChI=1S/C28H29N3O7S/c1-16-21-24(33)31(28(2,3)26(34)35)27(36)30(25(21)39-22(16)23-29-13-14-37-23)15-20(17-7-5-4-6-8-17)38-19-11-9-18(32)10-12-19/h4-8,13-14,19-20H,9-12,15H2,1-3H3,(H,34,35)/t20-/m0/s1. The van der Waals surface area contributed by atoms with Gasteiger partial charge < -0.3 is 14.3 Å². The van der Waals surface area contributed by atoms with Crippen LogP contribution in [-0.4, -0.2) is 37.1 Å². The lowest BCUT2D eigenvalue weighted by Gasteiger charge is -2.29. The Kier molecular flexibility index (Phi) is 7.13. The van der Waals surface area contributed by atoms with Crippen molar-refractivity contribution in [2.75, 3.05) is 0 Å². The summed E-state index contributed by atoms with van der Waals surface area (Å²) in [5.41, 5.74) is -1.87. The van der Waals surface area contributed by atoms with Gasteiger partial charge in [-0.25, -0.2) is 19.1 Å². The van der Waals surface area contributed by atoms with Crippen LogP contribution in [0.5, 0.6) is 0 Å². The minimum absolute atomic E-state index is 0.0325. The van der Waals surface area contributed by atoms with Crippen molar-refractivity contribution < 1.29 is 23.8 Å². The van der Waals surface area contributed by atoms with Gasteiger partial charge in [0.1, 0.15) is 28.5 Å². The molecule has 0 bridgehead atoms. The Morgan fingerprint density at radius 3 is 2.51 bits per heavy atom. The molecule has 1 N–H and O–H groups in total. The summed E-state index contributed by atoms with van der Waals surface area (Å²) in [5, 5.41) is 10.2. The van der Waals surface area contributed by atoms with E-state index < -0.39 is 28.9 Å². The van der Waals surface area contributed by atoms with Gasteiger partial charge in [-0.2, -0.15) is 0 Å². The van der Waals surface area contributed by atoms with Gasteiger partial charge in [-0.1, -0.05) is 30.3 Å². The SMILES string of the molecule is Cc1c(-c2ncco2)sc2c1c(=O)n(C(C)(C)C(=O)O)c(=O)n2C[C@H](OC1CCC(=O)CC1)c1ccccc1. The highest BCUT2D eigenvalue weighted by molar-refractivity contribution is 7.22. The first kappa shape index (κ1) is 26.8. The number of carbonyl (C=O) groups is 2. The smallest absolute Gasteiger partial charge is 0.333 e. The molecule has 10 nitrogen and oxygen atoms in total. The molecule has 1 atom stereocenters. The fourth-order valence-electron chi connectivity index (χ4n) is 4.98. The van der Waals surface area contributed by atoms with Crippen LogP contribution in [0, 0.1) is 6.92 Å². The second kappa shape index (κ2) is 10.4. The number of hydrogen-bond donors (Lipinski definition) is 1. The quantitative estimate of drug-likeness (QED) is 0.343. The Balaban J connectivity index is 1.72. The Hall–Kier alpha value is -3.83. The van der Waals surface area contributed by atoms with Crippen molar-refractivity contribution in [1.29, 1.82) is 0 Å². The number of nitrogens with zero attached hydrogens (tertiary/aromatic N) is 3. The number of aryl methyl sites for hydroxylation is 1. The van der Waals surface area contributed by atoms with E-state index in [2.05, 4.69) is 4.98 Å². The Labute approximate surface area is 227 Å². The molecule has 0 amide bonds. The van der Waals surface area contributed by atoms with Gasteiger partial charge in [-0.3, -0.25) is 14.2 Å². The van der Waals surface area contributed by atoms with E-state index in [1.807, 2.05) is 30.3 Å². The predicted octanol–water partition coefficient (Wildman–Crippen LogP) is 4.28. The number of hydrogen-bond acceptors (Lipinski definition) is 8. The Bertz CT molecular complexity index is 1640. The molecule has 204 valence electrons. The third-order valence-electron chi connectivity index (χ3n) is 7.29. The lowest BCUT2D eigenvalue weighted by atomic mass is 9.96. The molecule has 11 heteroatoms. The molecule has 0 unspecified atom stereocenters. The van der Waals surface area contributed by atoms with Gasteiger partial charge in [-0.15, -0.1) is 11.3 Å². The number of aromatic nitrogens is 3. The normalized spacial score (nSPS) is 15.6. The molecule has 1 aromatic carbocycles. The van der Waals surface area contributed by atoms with Crippen LogP contribution in [-0.2, 0) is 26.4 Å².